The second-order valence-corrected chi connectivity index (χ2v) is 6.58. The van der Waals surface area contributed by atoms with E-state index in [1.54, 1.807) is 7.05 Å². The second kappa shape index (κ2) is 6.59. The summed E-state index contributed by atoms with van der Waals surface area (Å²) in [7, 11) is 1.65. The maximum Gasteiger partial charge on any atom is 0.251 e. The van der Waals surface area contributed by atoms with E-state index in [0.29, 0.717) is 11.6 Å². The van der Waals surface area contributed by atoms with Crippen LogP contribution in [0, 0.1) is 0 Å². The smallest absolute Gasteiger partial charge is 0.251 e. The Hall–Kier alpha value is -2.82. The normalized spacial score (nSPS) is 14.8. The molecule has 0 atom stereocenters. The minimum absolute atomic E-state index is 0.0782. The maximum absolute atomic E-state index is 12.0. The molecule has 128 valence electrons. The molecule has 4 rings (SSSR count). The van der Waals surface area contributed by atoms with Crippen molar-refractivity contribution in [2.75, 3.05) is 12.4 Å². The predicted molar refractivity (Wildman–Crippen MR) is 101 cm³/mol. The van der Waals surface area contributed by atoms with Crippen molar-refractivity contribution < 1.29 is 4.79 Å². The molecule has 5 heteroatoms. The van der Waals surface area contributed by atoms with Crippen LogP contribution in [-0.2, 0) is 0 Å². The number of nitrogens with one attached hydrogen (secondary N) is 3. The van der Waals surface area contributed by atoms with Gasteiger partial charge in [-0.2, -0.15) is 0 Å². The number of aromatic nitrogens is 2. The zero-order chi connectivity index (χ0) is 17.2. The van der Waals surface area contributed by atoms with E-state index in [1.807, 2.05) is 36.5 Å². The highest BCUT2D eigenvalue weighted by atomic mass is 16.1. The summed E-state index contributed by atoms with van der Waals surface area (Å²) >= 11 is 0. The molecule has 1 saturated carbocycles. The fourth-order valence-corrected chi connectivity index (χ4v) is 3.60. The van der Waals surface area contributed by atoms with Crippen molar-refractivity contribution in [3.63, 3.8) is 0 Å². The highest BCUT2D eigenvalue weighted by Gasteiger charge is 2.17. The lowest BCUT2D eigenvalue weighted by molar-refractivity contribution is 0.0963. The van der Waals surface area contributed by atoms with Gasteiger partial charge in [0.2, 0.25) is 0 Å². The van der Waals surface area contributed by atoms with Gasteiger partial charge in [0.25, 0.3) is 5.91 Å². The van der Waals surface area contributed by atoms with E-state index in [1.165, 1.54) is 25.7 Å². The molecule has 0 radical (unpaired) electrons. The molecule has 1 aliphatic carbocycles. The van der Waals surface area contributed by atoms with Crippen LogP contribution in [0.3, 0.4) is 0 Å². The van der Waals surface area contributed by atoms with Gasteiger partial charge >= 0.3 is 0 Å². The van der Waals surface area contributed by atoms with Crippen LogP contribution in [0.2, 0.25) is 0 Å². The number of nitrogens with zero attached hydrogens (tertiary/aromatic N) is 1. The molecule has 0 unspecified atom stereocenters. The Morgan fingerprint density at radius 2 is 2.04 bits per heavy atom. The van der Waals surface area contributed by atoms with Crippen LogP contribution in [-0.4, -0.2) is 29.0 Å². The molecule has 2 heterocycles. The number of carbonyl (C=O) groups excluding carboxylic acids is 1. The molecular formula is C20H22N4O. The number of hydrogen-bond acceptors (Lipinski definition) is 3. The van der Waals surface area contributed by atoms with Crippen molar-refractivity contribution in [2.45, 2.75) is 31.7 Å². The average Bonchev–Trinajstić information content (AvgIpc) is 3.32. The monoisotopic (exact) mass is 334 g/mol. The van der Waals surface area contributed by atoms with Crippen LogP contribution in [0.15, 0.2) is 42.6 Å². The van der Waals surface area contributed by atoms with Crippen molar-refractivity contribution in [1.82, 2.24) is 15.3 Å². The Labute approximate surface area is 146 Å². The molecule has 2 aromatic heterocycles. The van der Waals surface area contributed by atoms with E-state index >= 15 is 0 Å². The first-order valence-corrected chi connectivity index (χ1v) is 8.82. The summed E-state index contributed by atoms with van der Waals surface area (Å²) in [6.45, 7) is 0. The summed E-state index contributed by atoms with van der Waals surface area (Å²) in [6.07, 6.45) is 6.87. The standard InChI is InChI=1S/C20H22N4O/c1-21-20(25)14-6-4-5-13(11-14)17-12-18(23-15-7-2-3-8-15)24-19-16(17)9-10-22-19/h4-6,9-12,15H,2-3,7-8H2,1H3,(H,21,25)(H2,22,23,24). The van der Waals surface area contributed by atoms with Crippen LogP contribution in [0.4, 0.5) is 5.82 Å². The average molecular weight is 334 g/mol. The van der Waals surface area contributed by atoms with E-state index in [-0.39, 0.29) is 5.91 Å². The Bertz CT molecular complexity index is 909. The van der Waals surface area contributed by atoms with E-state index in [4.69, 9.17) is 4.98 Å². The zero-order valence-electron chi connectivity index (χ0n) is 14.3. The second-order valence-electron chi connectivity index (χ2n) is 6.58. The Morgan fingerprint density at radius 1 is 1.20 bits per heavy atom. The minimum atomic E-state index is -0.0782. The Balaban J connectivity index is 1.77. The third-order valence-electron chi connectivity index (χ3n) is 4.90. The van der Waals surface area contributed by atoms with Gasteiger partial charge in [-0.3, -0.25) is 4.79 Å². The van der Waals surface area contributed by atoms with Crippen molar-refractivity contribution in [1.29, 1.82) is 0 Å². The Kier molecular flexibility index (Phi) is 4.14. The molecule has 1 aliphatic rings. The lowest BCUT2D eigenvalue weighted by Crippen LogP contribution is -2.17. The van der Waals surface area contributed by atoms with Gasteiger partial charge in [-0.05, 0) is 48.2 Å². The van der Waals surface area contributed by atoms with Crippen LogP contribution in [0.5, 0.6) is 0 Å². The number of H-pyrrole nitrogens is 1. The number of anilines is 1. The summed E-state index contributed by atoms with van der Waals surface area (Å²) in [6, 6.07) is 12.3. The summed E-state index contributed by atoms with van der Waals surface area (Å²) in [5, 5.41) is 7.31. The molecule has 0 bridgehead atoms. The number of rotatable bonds is 4. The molecule has 5 nitrogen and oxygen atoms in total. The Morgan fingerprint density at radius 3 is 2.84 bits per heavy atom. The maximum atomic E-state index is 12.0. The highest BCUT2D eigenvalue weighted by molar-refractivity contribution is 5.98. The molecule has 0 saturated heterocycles. The van der Waals surface area contributed by atoms with Crippen LogP contribution in [0.25, 0.3) is 22.2 Å². The van der Waals surface area contributed by atoms with Crippen LogP contribution in [0.1, 0.15) is 36.0 Å². The predicted octanol–water partition coefficient (Wildman–Crippen LogP) is 3.94. The van der Waals surface area contributed by atoms with Gasteiger partial charge in [-0.1, -0.05) is 25.0 Å². The molecule has 25 heavy (non-hydrogen) atoms. The molecule has 3 N–H and O–H groups in total. The first-order valence-electron chi connectivity index (χ1n) is 8.82. The van der Waals surface area contributed by atoms with Crippen LogP contribution < -0.4 is 10.6 Å². The van der Waals surface area contributed by atoms with E-state index < -0.39 is 0 Å². The third kappa shape index (κ3) is 3.09. The van der Waals surface area contributed by atoms with Gasteiger partial charge in [-0.25, -0.2) is 4.98 Å². The molecular weight excluding hydrogens is 312 g/mol. The fourth-order valence-electron chi connectivity index (χ4n) is 3.60. The molecule has 1 fully saturated rings. The van der Waals surface area contributed by atoms with Crippen molar-refractivity contribution in [2.24, 2.45) is 0 Å². The number of carbonyl (C=O) groups is 1. The SMILES string of the molecule is CNC(=O)c1cccc(-c2cc(NC3CCCC3)nc3[nH]ccc23)c1. The zero-order valence-corrected chi connectivity index (χ0v) is 14.3. The molecule has 1 aromatic carbocycles. The van der Waals surface area contributed by atoms with E-state index in [9.17, 15) is 4.79 Å². The highest BCUT2D eigenvalue weighted by Crippen LogP contribution is 2.31. The molecule has 0 aliphatic heterocycles. The first-order chi connectivity index (χ1) is 12.2. The van der Waals surface area contributed by atoms with Crippen molar-refractivity contribution >= 4 is 22.8 Å². The molecule has 1 amide bonds. The first kappa shape index (κ1) is 15.7. The third-order valence-corrected chi connectivity index (χ3v) is 4.90. The van der Waals surface area contributed by atoms with Crippen LogP contribution >= 0.6 is 0 Å². The lowest BCUT2D eigenvalue weighted by atomic mass is 10.0. The minimum Gasteiger partial charge on any atom is -0.367 e. The fraction of sp³-hybridized carbons (Fsp3) is 0.300. The lowest BCUT2D eigenvalue weighted by Gasteiger charge is -2.14. The quantitative estimate of drug-likeness (QED) is 0.677. The van der Waals surface area contributed by atoms with Gasteiger partial charge in [-0.15, -0.1) is 0 Å². The topological polar surface area (TPSA) is 69.8 Å². The van der Waals surface area contributed by atoms with E-state index in [0.717, 1.165) is 28.0 Å². The van der Waals surface area contributed by atoms with Crippen molar-refractivity contribution in [3.05, 3.63) is 48.2 Å². The molecule has 0 spiro atoms. The number of hydrogen-bond donors (Lipinski definition) is 3. The number of pyridine rings is 1. The summed E-state index contributed by atoms with van der Waals surface area (Å²) < 4.78 is 0. The number of benzene rings is 1. The summed E-state index contributed by atoms with van der Waals surface area (Å²) in [4.78, 5) is 19.9. The van der Waals surface area contributed by atoms with E-state index in [2.05, 4.69) is 21.7 Å². The summed E-state index contributed by atoms with van der Waals surface area (Å²) in [5.41, 5.74) is 3.62. The number of fused-ring (bicyclic) bond motifs is 1. The largest absolute Gasteiger partial charge is 0.367 e. The van der Waals surface area contributed by atoms with Gasteiger partial charge in [0, 0.05) is 30.2 Å². The van der Waals surface area contributed by atoms with Gasteiger partial charge in [0.05, 0.1) is 0 Å². The number of amides is 1. The number of aromatic amines is 1. The molecule has 3 aromatic rings. The van der Waals surface area contributed by atoms with Gasteiger partial charge in [0.15, 0.2) is 0 Å². The van der Waals surface area contributed by atoms with Crippen molar-refractivity contribution in [3.8, 4) is 11.1 Å². The van der Waals surface area contributed by atoms with Gasteiger partial charge in [0.1, 0.15) is 11.5 Å². The van der Waals surface area contributed by atoms with Gasteiger partial charge < -0.3 is 15.6 Å². The summed E-state index contributed by atoms with van der Waals surface area (Å²) in [5.74, 6) is 0.813.